The van der Waals surface area contributed by atoms with Crippen LogP contribution in [0.2, 0.25) is 0 Å². The highest BCUT2D eigenvalue weighted by Crippen LogP contribution is 2.12. The zero-order valence-electron chi connectivity index (χ0n) is 9.71. The third-order valence-electron chi connectivity index (χ3n) is 2.84. The minimum absolute atomic E-state index is 0.0684. The molecule has 0 saturated heterocycles. The average Bonchev–Trinajstić information content (AvgIpc) is 2.19. The van der Waals surface area contributed by atoms with Gasteiger partial charge in [0.15, 0.2) is 0 Å². The summed E-state index contributed by atoms with van der Waals surface area (Å²) in [6.07, 6.45) is 1.61. The van der Waals surface area contributed by atoms with Crippen LogP contribution >= 0.6 is 0 Å². The van der Waals surface area contributed by atoms with Crippen molar-refractivity contribution in [2.45, 2.75) is 39.7 Å². The second kappa shape index (κ2) is 5.08. The molecule has 0 radical (unpaired) electrons. The first kappa shape index (κ1) is 11.9. The van der Waals surface area contributed by atoms with Crippen molar-refractivity contribution in [3.63, 3.8) is 0 Å². The Labute approximate surface area is 91.5 Å². The minimum Gasteiger partial charge on any atom is -0.322 e. The molecule has 0 saturated carbocycles. The number of Topliss-reactive ketones (excluding diaryl/α,β-unsaturated/α-hetero) is 1. The normalized spacial score (nSPS) is 12.5. The van der Waals surface area contributed by atoms with Gasteiger partial charge in [0.2, 0.25) is 0 Å². The Hall–Kier alpha value is -1.15. The number of carbonyl (C=O) groups excluding carboxylic acids is 1. The number of carbonyl (C=O) groups is 1. The number of hydrogen-bond donors (Lipinski definition) is 1. The first-order valence-electron chi connectivity index (χ1n) is 5.33. The highest BCUT2D eigenvalue weighted by atomic mass is 16.1. The van der Waals surface area contributed by atoms with E-state index in [0.717, 1.165) is 12.8 Å². The lowest BCUT2D eigenvalue weighted by Crippen LogP contribution is -2.28. The van der Waals surface area contributed by atoms with Crippen LogP contribution in [-0.4, -0.2) is 11.8 Å². The summed E-state index contributed by atoms with van der Waals surface area (Å²) in [6.45, 7) is 5.75. The fourth-order valence-corrected chi connectivity index (χ4v) is 1.48. The van der Waals surface area contributed by atoms with Gasteiger partial charge in [0.05, 0.1) is 6.04 Å². The molecule has 0 spiro atoms. The molecule has 1 aromatic rings. The molecule has 2 N–H and O–H groups in total. The van der Waals surface area contributed by atoms with Crippen LogP contribution in [0.4, 0.5) is 0 Å². The van der Waals surface area contributed by atoms with E-state index in [1.165, 1.54) is 16.7 Å². The molecule has 0 fully saturated rings. The fourth-order valence-electron chi connectivity index (χ4n) is 1.48. The van der Waals surface area contributed by atoms with Crippen LogP contribution in [0.3, 0.4) is 0 Å². The number of hydrogen-bond acceptors (Lipinski definition) is 2. The Kier molecular flexibility index (Phi) is 4.04. The summed E-state index contributed by atoms with van der Waals surface area (Å²) in [6, 6.07) is 6.08. The van der Waals surface area contributed by atoms with Gasteiger partial charge in [-0.1, -0.05) is 18.2 Å². The van der Waals surface area contributed by atoms with E-state index in [2.05, 4.69) is 32.0 Å². The number of ketones is 1. The van der Waals surface area contributed by atoms with Crippen molar-refractivity contribution in [3.8, 4) is 0 Å². The third kappa shape index (κ3) is 3.48. The van der Waals surface area contributed by atoms with Gasteiger partial charge in [-0.3, -0.25) is 4.79 Å². The maximum atomic E-state index is 11.0. The molecule has 1 atom stereocenters. The first-order chi connectivity index (χ1) is 7.00. The van der Waals surface area contributed by atoms with Crippen LogP contribution in [0.25, 0.3) is 0 Å². The molecule has 1 aromatic carbocycles. The summed E-state index contributed by atoms with van der Waals surface area (Å²) >= 11 is 0. The molecule has 0 unspecified atom stereocenters. The minimum atomic E-state index is -0.313. The number of rotatable bonds is 4. The van der Waals surface area contributed by atoms with E-state index in [0.29, 0.717) is 0 Å². The smallest absolute Gasteiger partial charge is 0.146 e. The van der Waals surface area contributed by atoms with E-state index in [1.54, 1.807) is 6.92 Å². The molecule has 2 nitrogen and oxygen atoms in total. The van der Waals surface area contributed by atoms with Gasteiger partial charge in [0, 0.05) is 0 Å². The van der Waals surface area contributed by atoms with Crippen molar-refractivity contribution in [3.05, 3.63) is 34.9 Å². The van der Waals surface area contributed by atoms with Gasteiger partial charge in [0.25, 0.3) is 0 Å². The fraction of sp³-hybridized carbons (Fsp3) is 0.462. The molecule has 0 aliphatic heterocycles. The van der Waals surface area contributed by atoms with Crippen molar-refractivity contribution in [1.82, 2.24) is 0 Å². The Bertz CT molecular complexity index is 358. The average molecular weight is 205 g/mol. The van der Waals surface area contributed by atoms with E-state index in [-0.39, 0.29) is 11.8 Å². The third-order valence-corrected chi connectivity index (χ3v) is 2.84. The summed E-state index contributed by atoms with van der Waals surface area (Å²) in [5.74, 6) is 0.0684. The van der Waals surface area contributed by atoms with Gasteiger partial charge in [-0.05, 0) is 50.3 Å². The van der Waals surface area contributed by atoms with E-state index in [1.807, 2.05) is 0 Å². The van der Waals surface area contributed by atoms with Gasteiger partial charge < -0.3 is 5.73 Å². The summed E-state index contributed by atoms with van der Waals surface area (Å²) in [5.41, 5.74) is 9.54. The van der Waals surface area contributed by atoms with E-state index in [9.17, 15) is 4.79 Å². The largest absolute Gasteiger partial charge is 0.322 e. The van der Waals surface area contributed by atoms with Gasteiger partial charge in [0.1, 0.15) is 5.78 Å². The second-order valence-electron chi connectivity index (χ2n) is 4.17. The van der Waals surface area contributed by atoms with E-state index >= 15 is 0 Å². The van der Waals surface area contributed by atoms with Crippen LogP contribution in [0, 0.1) is 13.8 Å². The molecule has 0 bridgehead atoms. The number of nitrogens with two attached hydrogens (primary N) is 1. The molecule has 0 amide bonds. The molecule has 1 rings (SSSR count). The standard InChI is InChI=1S/C13H19NO/c1-9-4-5-12(8-10(9)2)6-7-13(14)11(3)15/h4-5,8,13H,6-7,14H2,1-3H3/t13-/m0/s1. The highest BCUT2D eigenvalue weighted by molar-refractivity contribution is 5.81. The molecular weight excluding hydrogens is 186 g/mol. The van der Waals surface area contributed by atoms with Gasteiger partial charge in [-0.25, -0.2) is 0 Å². The van der Waals surface area contributed by atoms with Crippen molar-refractivity contribution in [1.29, 1.82) is 0 Å². The number of benzene rings is 1. The molecule has 2 heteroatoms. The molecule has 0 heterocycles. The summed E-state index contributed by atoms with van der Waals surface area (Å²) in [5, 5.41) is 0. The van der Waals surface area contributed by atoms with Crippen molar-refractivity contribution in [2.75, 3.05) is 0 Å². The molecular formula is C13H19NO. The lowest BCUT2D eigenvalue weighted by Gasteiger charge is -2.08. The van der Waals surface area contributed by atoms with Gasteiger partial charge in [-0.15, -0.1) is 0 Å². The number of aryl methyl sites for hydroxylation is 3. The lowest BCUT2D eigenvalue weighted by atomic mass is 10.00. The van der Waals surface area contributed by atoms with E-state index in [4.69, 9.17) is 5.73 Å². The Morgan fingerprint density at radius 3 is 2.53 bits per heavy atom. The van der Waals surface area contributed by atoms with Crippen molar-refractivity contribution >= 4 is 5.78 Å². The van der Waals surface area contributed by atoms with Crippen LogP contribution in [0.1, 0.15) is 30.0 Å². The van der Waals surface area contributed by atoms with Crippen molar-refractivity contribution in [2.24, 2.45) is 5.73 Å². The molecule has 82 valence electrons. The lowest BCUT2D eigenvalue weighted by molar-refractivity contribution is -0.118. The maximum absolute atomic E-state index is 11.0. The summed E-state index contributed by atoms with van der Waals surface area (Å²) in [7, 11) is 0. The molecule has 0 aliphatic rings. The van der Waals surface area contributed by atoms with Crippen molar-refractivity contribution < 1.29 is 4.79 Å². The Balaban J connectivity index is 2.58. The predicted molar refractivity (Wildman–Crippen MR) is 62.9 cm³/mol. The predicted octanol–water partition coefficient (Wildman–Crippen LogP) is 2.15. The second-order valence-corrected chi connectivity index (χ2v) is 4.17. The van der Waals surface area contributed by atoms with Gasteiger partial charge >= 0.3 is 0 Å². The topological polar surface area (TPSA) is 43.1 Å². The zero-order valence-corrected chi connectivity index (χ0v) is 9.71. The molecule has 15 heavy (non-hydrogen) atoms. The van der Waals surface area contributed by atoms with Crippen LogP contribution in [0.15, 0.2) is 18.2 Å². The Morgan fingerprint density at radius 1 is 1.33 bits per heavy atom. The van der Waals surface area contributed by atoms with Crippen LogP contribution in [-0.2, 0) is 11.2 Å². The summed E-state index contributed by atoms with van der Waals surface area (Å²) in [4.78, 5) is 11.0. The van der Waals surface area contributed by atoms with E-state index < -0.39 is 0 Å². The zero-order chi connectivity index (χ0) is 11.4. The maximum Gasteiger partial charge on any atom is 0.146 e. The molecule has 0 aliphatic carbocycles. The first-order valence-corrected chi connectivity index (χ1v) is 5.33. The Morgan fingerprint density at radius 2 is 2.00 bits per heavy atom. The van der Waals surface area contributed by atoms with Crippen LogP contribution < -0.4 is 5.73 Å². The monoisotopic (exact) mass is 205 g/mol. The highest BCUT2D eigenvalue weighted by Gasteiger charge is 2.07. The molecule has 0 aromatic heterocycles. The SMILES string of the molecule is CC(=O)[C@@H](N)CCc1ccc(C)c(C)c1. The quantitative estimate of drug-likeness (QED) is 0.818. The van der Waals surface area contributed by atoms with Crippen LogP contribution in [0.5, 0.6) is 0 Å². The van der Waals surface area contributed by atoms with Gasteiger partial charge in [-0.2, -0.15) is 0 Å². The summed E-state index contributed by atoms with van der Waals surface area (Å²) < 4.78 is 0.